The second-order valence-corrected chi connectivity index (χ2v) is 10.0. The number of aromatic amines is 1. The fourth-order valence-electron chi connectivity index (χ4n) is 4.87. The molecule has 0 bridgehead atoms. The lowest BCUT2D eigenvalue weighted by molar-refractivity contribution is -0.135. The quantitative estimate of drug-likeness (QED) is 0.396. The van der Waals surface area contributed by atoms with Gasteiger partial charge in [-0.25, -0.2) is 9.97 Å². The Bertz CT molecular complexity index is 1510. The van der Waals surface area contributed by atoms with Gasteiger partial charge in [0.1, 0.15) is 17.0 Å². The van der Waals surface area contributed by atoms with Crippen molar-refractivity contribution < 1.29 is 4.79 Å². The van der Waals surface area contributed by atoms with Crippen LogP contribution in [0.25, 0.3) is 21.1 Å². The number of carbonyl (C=O) groups is 1. The van der Waals surface area contributed by atoms with Crippen LogP contribution in [0.4, 0.5) is 11.5 Å². The molecular formula is C25H25N7OS. The van der Waals surface area contributed by atoms with E-state index < -0.39 is 0 Å². The molecule has 9 heteroatoms. The number of benzene rings is 1. The number of aryl methyl sites for hydroxylation is 2. The second kappa shape index (κ2) is 8.25. The van der Waals surface area contributed by atoms with Crippen molar-refractivity contribution in [3.63, 3.8) is 0 Å². The molecule has 1 aromatic carbocycles. The van der Waals surface area contributed by atoms with Crippen molar-refractivity contribution in [2.24, 2.45) is 13.0 Å². The second-order valence-electron chi connectivity index (χ2n) is 8.95. The smallest absolute Gasteiger partial charge is 0.226 e. The highest BCUT2D eigenvalue weighted by Gasteiger charge is 2.30. The van der Waals surface area contributed by atoms with E-state index >= 15 is 0 Å². The summed E-state index contributed by atoms with van der Waals surface area (Å²) in [6.45, 7) is 0.624. The summed E-state index contributed by atoms with van der Waals surface area (Å²) in [4.78, 5) is 26.4. The molecule has 0 fully saturated rings. The molecule has 2 N–H and O–H groups in total. The van der Waals surface area contributed by atoms with Gasteiger partial charge in [-0.2, -0.15) is 5.10 Å². The highest BCUT2D eigenvalue weighted by atomic mass is 32.1. The van der Waals surface area contributed by atoms with Gasteiger partial charge >= 0.3 is 0 Å². The van der Waals surface area contributed by atoms with Gasteiger partial charge in [-0.1, -0.05) is 0 Å². The van der Waals surface area contributed by atoms with Gasteiger partial charge in [-0.3, -0.25) is 9.89 Å². The molecule has 0 radical (unpaired) electrons. The molecule has 0 spiro atoms. The maximum atomic E-state index is 13.2. The SMILES string of the molecule is CN(Cc1cccn1C)C(=O)[C@H]1CCc2c(sc3ncnc(Nc4ccc5[nH]ncc5c4)c23)C1. The van der Waals surface area contributed by atoms with Crippen LogP contribution in [0.2, 0.25) is 0 Å². The van der Waals surface area contributed by atoms with Crippen LogP contribution in [0.5, 0.6) is 0 Å². The zero-order valence-corrected chi connectivity index (χ0v) is 19.9. The monoisotopic (exact) mass is 471 g/mol. The van der Waals surface area contributed by atoms with Crippen molar-refractivity contribution in [1.82, 2.24) is 29.6 Å². The molecule has 0 saturated carbocycles. The van der Waals surface area contributed by atoms with Crippen molar-refractivity contribution in [3.05, 3.63) is 65.2 Å². The molecule has 6 rings (SSSR count). The summed E-state index contributed by atoms with van der Waals surface area (Å²) in [6.07, 6.45) is 7.88. The van der Waals surface area contributed by atoms with Crippen LogP contribution >= 0.6 is 11.3 Å². The van der Waals surface area contributed by atoms with Gasteiger partial charge in [0, 0.05) is 47.9 Å². The summed E-state index contributed by atoms with van der Waals surface area (Å²) < 4.78 is 2.06. The van der Waals surface area contributed by atoms with Gasteiger partial charge < -0.3 is 14.8 Å². The zero-order valence-electron chi connectivity index (χ0n) is 19.1. The number of nitrogens with zero attached hydrogens (tertiary/aromatic N) is 5. The number of hydrogen-bond acceptors (Lipinski definition) is 6. The third-order valence-electron chi connectivity index (χ3n) is 6.72. The number of amides is 1. The molecule has 0 saturated heterocycles. The Morgan fingerprint density at radius 3 is 3.09 bits per heavy atom. The normalized spacial score (nSPS) is 15.5. The number of nitrogens with one attached hydrogen (secondary N) is 2. The topological polar surface area (TPSA) is 91.7 Å². The maximum absolute atomic E-state index is 13.2. The first-order valence-electron chi connectivity index (χ1n) is 11.4. The first-order chi connectivity index (χ1) is 16.6. The summed E-state index contributed by atoms with van der Waals surface area (Å²) in [5, 5.41) is 12.7. The van der Waals surface area contributed by atoms with E-state index in [1.54, 1.807) is 17.7 Å². The number of hydrogen-bond donors (Lipinski definition) is 2. The van der Waals surface area contributed by atoms with Crippen molar-refractivity contribution in [3.8, 4) is 0 Å². The van der Waals surface area contributed by atoms with Gasteiger partial charge in [0.25, 0.3) is 0 Å². The maximum Gasteiger partial charge on any atom is 0.226 e. The molecule has 0 aliphatic heterocycles. The van der Waals surface area contributed by atoms with E-state index in [4.69, 9.17) is 0 Å². The van der Waals surface area contributed by atoms with Crippen molar-refractivity contribution in [1.29, 1.82) is 0 Å². The van der Waals surface area contributed by atoms with E-state index in [2.05, 4.69) is 42.2 Å². The largest absolute Gasteiger partial charge is 0.353 e. The van der Waals surface area contributed by atoms with E-state index in [1.807, 2.05) is 49.6 Å². The zero-order chi connectivity index (χ0) is 23.2. The lowest BCUT2D eigenvalue weighted by atomic mass is 9.87. The van der Waals surface area contributed by atoms with Gasteiger partial charge in [0.2, 0.25) is 5.91 Å². The van der Waals surface area contributed by atoms with E-state index in [0.717, 1.165) is 57.6 Å². The number of H-pyrrole nitrogens is 1. The highest BCUT2D eigenvalue weighted by molar-refractivity contribution is 7.19. The fourth-order valence-corrected chi connectivity index (χ4v) is 6.13. The fraction of sp³-hybridized carbons (Fsp3) is 0.280. The molecule has 5 aromatic rings. The van der Waals surface area contributed by atoms with Crippen LogP contribution in [0.1, 0.15) is 22.6 Å². The van der Waals surface area contributed by atoms with Crippen LogP contribution in [0.3, 0.4) is 0 Å². The number of fused-ring (bicyclic) bond motifs is 4. The molecule has 8 nitrogen and oxygen atoms in total. The Kier molecular flexibility index (Phi) is 5.06. The van der Waals surface area contributed by atoms with Gasteiger partial charge in [0.15, 0.2) is 0 Å². The third-order valence-corrected chi connectivity index (χ3v) is 7.89. The Hall–Kier alpha value is -3.72. The Balaban J connectivity index is 1.25. The lowest BCUT2D eigenvalue weighted by Gasteiger charge is -2.27. The average Bonchev–Trinajstić information content (AvgIpc) is 3.56. The first kappa shape index (κ1) is 20.9. The number of anilines is 2. The molecule has 34 heavy (non-hydrogen) atoms. The van der Waals surface area contributed by atoms with E-state index in [-0.39, 0.29) is 11.8 Å². The number of carbonyl (C=O) groups excluding carboxylic acids is 1. The Morgan fingerprint density at radius 1 is 1.32 bits per heavy atom. The van der Waals surface area contributed by atoms with Gasteiger partial charge in [-0.05, 0) is 55.2 Å². The minimum atomic E-state index is -0.00121. The predicted octanol–water partition coefficient (Wildman–Crippen LogP) is 4.41. The van der Waals surface area contributed by atoms with Crippen molar-refractivity contribution in [2.45, 2.75) is 25.8 Å². The minimum absolute atomic E-state index is 0.00121. The first-order valence-corrected chi connectivity index (χ1v) is 12.2. The van der Waals surface area contributed by atoms with Gasteiger partial charge in [0.05, 0.1) is 23.6 Å². The van der Waals surface area contributed by atoms with E-state index in [1.165, 1.54) is 10.4 Å². The number of thiophene rings is 1. The Labute approximate surface area is 200 Å². The van der Waals surface area contributed by atoms with E-state index in [9.17, 15) is 4.79 Å². The molecule has 1 aliphatic rings. The average molecular weight is 472 g/mol. The molecule has 1 amide bonds. The van der Waals surface area contributed by atoms with Gasteiger partial charge in [-0.15, -0.1) is 11.3 Å². The van der Waals surface area contributed by atoms with Crippen LogP contribution in [0, 0.1) is 5.92 Å². The molecule has 1 aliphatic carbocycles. The summed E-state index contributed by atoms with van der Waals surface area (Å²) in [6, 6.07) is 10.2. The molecule has 4 heterocycles. The number of rotatable bonds is 5. The molecule has 4 aromatic heterocycles. The molecule has 172 valence electrons. The number of aromatic nitrogens is 5. The summed E-state index contributed by atoms with van der Waals surface area (Å²) >= 11 is 1.69. The molecule has 1 atom stereocenters. The van der Waals surface area contributed by atoms with Crippen molar-refractivity contribution in [2.75, 3.05) is 12.4 Å². The summed E-state index contributed by atoms with van der Waals surface area (Å²) in [5.74, 6) is 1.02. The predicted molar refractivity (Wildman–Crippen MR) is 134 cm³/mol. The molecule has 0 unspecified atom stereocenters. The van der Waals surface area contributed by atoms with Crippen LogP contribution in [-0.4, -0.2) is 42.6 Å². The van der Waals surface area contributed by atoms with Crippen LogP contribution in [-0.2, 0) is 31.2 Å². The van der Waals surface area contributed by atoms with Crippen LogP contribution < -0.4 is 5.32 Å². The summed E-state index contributed by atoms with van der Waals surface area (Å²) in [5.41, 5.74) is 4.37. The van der Waals surface area contributed by atoms with Crippen LogP contribution in [0.15, 0.2) is 49.1 Å². The standard InChI is InChI=1S/C25H25N7OS/c1-31-9-3-4-18(31)13-32(2)25(33)15-5-7-19-21(11-15)34-24-22(19)23(26-14-27-24)29-17-6-8-20-16(10-17)12-28-30-20/h3-4,6,8-10,12,14-15H,5,7,11,13H2,1-2H3,(H,28,30)(H,26,27,29)/t15-/m0/s1. The lowest BCUT2D eigenvalue weighted by Crippen LogP contribution is -2.35. The highest BCUT2D eigenvalue weighted by Crippen LogP contribution is 2.41. The summed E-state index contributed by atoms with van der Waals surface area (Å²) in [7, 11) is 3.91. The van der Waals surface area contributed by atoms with E-state index in [0.29, 0.717) is 6.54 Å². The van der Waals surface area contributed by atoms with Crippen molar-refractivity contribution >= 4 is 49.9 Å². The minimum Gasteiger partial charge on any atom is -0.353 e. The Morgan fingerprint density at radius 2 is 2.24 bits per heavy atom. The third kappa shape index (κ3) is 3.62. The molecular weight excluding hydrogens is 446 g/mol.